The number of hydrogen-bond donors (Lipinski definition) is 1. The van der Waals surface area contributed by atoms with Crippen molar-refractivity contribution < 1.29 is 0 Å². The van der Waals surface area contributed by atoms with E-state index < -0.39 is 0 Å². The smallest absolute Gasteiger partial charge is 0.0501 e. The van der Waals surface area contributed by atoms with Crippen LogP contribution >= 0.6 is 11.3 Å². The zero-order chi connectivity index (χ0) is 13.7. The molecule has 0 aliphatic rings. The lowest BCUT2D eigenvalue weighted by atomic mass is 10.0. The number of likely N-dealkylation sites (N-methyl/N-ethyl adjacent to an activating group) is 1. The second kappa shape index (κ2) is 6.85. The van der Waals surface area contributed by atoms with E-state index in [1.807, 2.05) is 0 Å². The van der Waals surface area contributed by atoms with Crippen LogP contribution < -0.4 is 5.73 Å². The van der Waals surface area contributed by atoms with E-state index in [-0.39, 0.29) is 6.04 Å². The molecule has 0 spiro atoms. The fourth-order valence-electron chi connectivity index (χ4n) is 2.49. The molecule has 2 unspecified atom stereocenters. The Bertz CT molecular complexity index is 465. The maximum Gasteiger partial charge on any atom is 0.0501 e. The second-order valence-electron chi connectivity index (χ2n) is 5.08. The number of rotatable bonds is 6. The highest BCUT2D eigenvalue weighted by Crippen LogP contribution is 2.24. The number of benzene rings is 1. The Morgan fingerprint density at radius 1 is 1.21 bits per heavy atom. The quantitative estimate of drug-likeness (QED) is 0.875. The van der Waals surface area contributed by atoms with Crippen LogP contribution in [0.15, 0.2) is 47.2 Å². The van der Waals surface area contributed by atoms with Gasteiger partial charge in [0.05, 0.1) is 6.04 Å². The molecule has 0 fully saturated rings. The molecule has 102 valence electrons. The molecule has 0 aliphatic carbocycles. The molecule has 3 heteroatoms. The average molecular weight is 274 g/mol. The molecule has 19 heavy (non-hydrogen) atoms. The van der Waals surface area contributed by atoms with Crippen molar-refractivity contribution in [2.75, 3.05) is 13.6 Å². The van der Waals surface area contributed by atoms with Crippen molar-refractivity contribution in [3.63, 3.8) is 0 Å². The van der Waals surface area contributed by atoms with Gasteiger partial charge in [0, 0.05) is 12.6 Å². The van der Waals surface area contributed by atoms with Crippen LogP contribution in [0.25, 0.3) is 0 Å². The highest BCUT2D eigenvalue weighted by molar-refractivity contribution is 7.07. The number of nitrogens with zero attached hydrogens (tertiary/aromatic N) is 1. The van der Waals surface area contributed by atoms with Crippen molar-refractivity contribution in [1.82, 2.24) is 4.90 Å². The first-order valence-electron chi connectivity index (χ1n) is 6.70. The molecule has 2 N–H and O–H groups in total. The highest BCUT2D eigenvalue weighted by atomic mass is 32.1. The highest BCUT2D eigenvalue weighted by Gasteiger charge is 2.21. The lowest BCUT2D eigenvalue weighted by molar-refractivity contribution is 0.222. The molecular formula is C16H22N2S. The van der Waals surface area contributed by atoms with Crippen molar-refractivity contribution in [3.8, 4) is 0 Å². The van der Waals surface area contributed by atoms with Crippen molar-refractivity contribution in [2.45, 2.75) is 25.4 Å². The number of nitrogens with two attached hydrogens (primary N) is 1. The minimum Gasteiger partial charge on any atom is -0.326 e. The Kier molecular flexibility index (Phi) is 5.14. The van der Waals surface area contributed by atoms with E-state index in [9.17, 15) is 0 Å². The monoisotopic (exact) mass is 274 g/mol. The Balaban J connectivity index is 1.99. The lowest BCUT2D eigenvalue weighted by Crippen LogP contribution is -2.38. The van der Waals surface area contributed by atoms with Crippen LogP contribution in [0.4, 0.5) is 0 Å². The van der Waals surface area contributed by atoms with Crippen LogP contribution in [0.1, 0.15) is 24.1 Å². The Morgan fingerprint density at radius 2 is 1.95 bits per heavy atom. The second-order valence-corrected chi connectivity index (χ2v) is 5.86. The molecule has 2 atom stereocenters. The standard InChI is InChI=1S/C16H22N2S/c1-13(17)16(15-9-11-19-12-15)18(2)10-8-14-6-4-3-5-7-14/h3-7,9,11-13,16H,8,10,17H2,1-2H3. The SMILES string of the molecule is CC(N)C(c1ccsc1)N(C)CCc1ccccc1. The third kappa shape index (κ3) is 3.90. The van der Waals surface area contributed by atoms with E-state index in [0.29, 0.717) is 6.04 Å². The van der Waals surface area contributed by atoms with E-state index >= 15 is 0 Å². The molecule has 0 radical (unpaired) electrons. The largest absolute Gasteiger partial charge is 0.326 e. The average Bonchev–Trinajstić information content (AvgIpc) is 2.91. The van der Waals surface area contributed by atoms with Crippen molar-refractivity contribution in [3.05, 3.63) is 58.3 Å². The van der Waals surface area contributed by atoms with Gasteiger partial charge in [0.15, 0.2) is 0 Å². The van der Waals surface area contributed by atoms with Crippen molar-refractivity contribution in [1.29, 1.82) is 0 Å². The van der Waals surface area contributed by atoms with Gasteiger partial charge in [-0.1, -0.05) is 30.3 Å². The van der Waals surface area contributed by atoms with Gasteiger partial charge in [-0.05, 0) is 48.3 Å². The van der Waals surface area contributed by atoms with Gasteiger partial charge in [-0.3, -0.25) is 4.90 Å². The summed E-state index contributed by atoms with van der Waals surface area (Å²) in [6, 6.07) is 13.2. The Hall–Kier alpha value is -1.16. The van der Waals surface area contributed by atoms with Gasteiger partial charge in [-0.15, -0.1) is 0 Å². The van der Waals surface area contributed by atoms with Crippen LogP contribution in [-0.4, -0.2) is 24.5 Å². The van der Waals surface area contributed by atoms with E-state index in [1.165, 1.54) is 11.1 Å². The molecule has 2 aromatic rings. The maximum absolute atomic E-state index is 6.16. The normalized spacial score (nSPS) is 14.5. The minimum absolute atomic E-state index is 0.135. The van der Waals surface area contributed by atoms with Crippen LogP contribution in [0.5, 0.6) is 0 Å². The number of hydrogen-bond acceptors (Lipinski definition) is 3. The summed E-state index contributed by atoms with van der Waals surface area (Å²) >= 11 is 1.73. The van der Waals surface area contributed by atoms with Gasteiger partial charge in [0.2, 0.25) is 0 Å². The Labute approximate surface area is 119 Å². The van der Waals surface area contributed by atoms with Gasteiger partial charge in [0.25, 0.3) is 0 Å². The van der Waals surface area contributed by atoms with Crippen molar-refractivity contribution in [2.24, 2.45) is 5.73 Å². The summed E-state index contributed by atoms with van der Waals surface area (Å²) in [5.41, 5.74) is 8.87. The third-order valence-corrected chi connectivity index (χ3v) is 4.16. The first kappa shape index (κ1) is 14.3. The number of thiophene rings is 1. The molecule has 0 amide bonds. The first-order chi connectivity index (χ1) is 9.18. The molecule has 2 nitrogen and oxygen atoms in total. The van der Waals surface area contributed by atoms with Gasteiger partial charge in [0.1, 0.15) is 0 Å². The van der Waals surface area contributed by atoms with Gasteiger partial charge < -0.3 is 5.73 Å². The fourth-order valence-corrected chi connectivity index (χ4v) is 3.18. The third-order valence-electron chi connectivity index (χ3n) is 3.45. The fraction of sp³-hybridized carbons (Fsp3) is 0.375. The lowest BCUT2D eigenvalue weighted by Gasteiger charge is -2.30. The summed E-state index contributed by atoms with van der Waals surface area (Å²) in [4.78, 5) is 2.36. The summed E-state index contributed by atoms with van der Waals surface area (Å²) < 4.78 is 0. The van der Waals surface area contributed by atoms with Gasteiger partial charge in [-0.2, -0.15) is 11.3 Å². The zero-order valence-electron chi connectivity index (χ0n) is 11.6. The predicted octanol–water partition coefficient (Wildman–Crippen LogP) is 3.31. The van der Waals surface area contributed by atoms with Crippen molar-refractivity contribution >= 4 is 11.3 Å². The van der Waals surface area contributed by atoms with Crippen LogP contribution in [0.2, 0.25) is 0 Å². The summed E-state index contributed by atoms with van der Waals surface area (Å²) in [6.07, 6.45) is 1.06. The summed E-state index contributed by atoms with van der Waals surface area (Å²) in [5, 5.41) is 4.32. The molecule has 0 saturated carbocycles. The van der Waals surface area contributed by atoms with E-state index in [1.54, 1.807) is 11.3 Å². The van der Waals surface area contributed by atoms with Crippen LogP contribution in [0.3, 0.4) is 0 Å². The summed E-state index contributed by atoms with van der Waals surface area (Å²) in [7, 11) is 2.16. The van der Waals surface area contributed by atoms with Gasteiger partial charge in [-0.25, -0.2) is 0 Å². The van der Waals surface area contributed by atoms with Crippen LogP contribution in [-0.2, 0) is 6.42 Å². The van der Waals surface area contributed by atoms with Crippen LogP contribution in [0, 0.1) is 0 Å². The van der Waals surface area contributed by atoms with E-state index in [0.717, 1.165) is 13.0 Å². The maximum atomic E-state index is 6.16. The molecule has 2 rings (SSSR count). The molecule has 1 aromatic carbocycles. The molecule has 0 saturated heterocycles. The Morgan fingerprint density at radius 3 is 2.53 bits per heavy atom. The summed E-state index contributed by atoms with van der Waals surface area (Å²) in [6.45, 7) is 3.10. The minimum atomic E-state index is 0.135. The molecule has 1 aromatic heterocycles. The molecular weight excluding hydrogens is 252 g/mol. The van der Waals surface area contributed by atoms with E-state index in [2.05, 4.69) is 66.0 Å². The molecule has 0 aliphatic heterocycles. The zero-order valence-corrected chi connectivity index (χ0v) is 12.4. The van der Waals surface area contributed by atoms with Gasteiger partial charge >= 0.3 is 0 Å². The summed E-state index contributed by atoms with van der Waals surface area (Å²) in [5.74, 6) is 0. The molecule has 1 heterocycles. The topological polar surface area (TPSA) is 29.3 Å². The molecule has 0 bridgehead atoms. The van der Waals surface area contributed by atoms with E-state index in [4.69, 9.17) is 5.73 Å². The first-order valence-corrected chi connectivity index (χ1v) is 7.64. The predicted molar refractivity (Wildman–Crippen MR) is 83.5 cm³/mol.